The SMILES string of the molecule is Cc1ccc(Nc2c(C(=O)NOCC3COC(C)(C)O3)c3n(c(=O)c2F)CCC3)c(F)c1. The van der Waals surface area contributed by atoms with Crippen LogP contribution in [0.1, 0.15) is 41.9 Å². The molecule has 2 N–H and O–H groups in total. The molecule has 1 saturated heterocycles. The van der Waals surface area contributed by atoms with Gasteiger partial charge in [0.15, 0.2) is 5.79 Å². The molecule has 1 aromatic carbocycles. The maximum absolute atomic E-state index is 15.1. The molecule has 10 heteroatoms. The topological polar surface area (TPSA) is 90.8 Å². The number of anilines is 2. The van der Waals surface area contributed by atoms with E-state index in [1.54, 1.807) is 26.8 Å². The van der Waals surface area contributed by atoms with Crippen LogP contribution in [0.25, 0.3) is 0 Å². The highest BCUT2D eigenvalue weighted by Crippen LogP contribution is 2.30. The first-order valence-electron chi connectivity index (χ1n) is 10.4. The standard InChI is InChI=1S/C22H25F2N3O5/c1-12-6-7-15(14(23)9-12)25-19-17(16-5-4-8-27(16)21(29)18(19)24)20(28)26-31-11-13-10-30-22(2,3)32-13/h6-7,9,13,25H,4-5,8,10-11H2,1-3H3,(H,26,28). The molecule has 2 aromatic rings. The van der Waals surface area contributed by atoms with Crippen molar-refractivity contribution in [3.63, 3.8) is 0 Å². The zero-order chi connectivity index (χ0) is 23.0. The van der Waals surface area contributed by atoms with E-state index >= 15 is 4.39 Å². The van der Waals surface area contributed by atoms with Crippen molar-refractivity contribution in [2.24, 2.45) is 0 Å². The van der Waals surface area contributed by atoms with Crippen LogP contribution in [0.2, 0.25) is 0 Å². The number of carbonyl (C=O) groups excluding carboxylic acids is 1. The van der Waals surface area contributed by atoms with E-state index in [2.05, 4.69) is 10.8 Å². The number of amides is 1. The van der Waals surface area contributed by atoms with Crippen molar-refractivity contribution in [2.45, 2.75) is 52.0 Å². The molecule has 2 aliphatic heterocycles. The Balaban J connectivity index is 1.61. The molecule has 8 nitrogen and oxygen atoms in total. The summed E-state index contributed by atoms with van der Waals surface area (Å²) in [5, 5.41) is 2.61. The number of hydrogen-bond donors (Lipinski definition) is 2. The second-order valence-electron chi connectivity index (χ2n) is 8.37. The van der Waals surface area contributed by atoms with Gasteiger partial charge in [0.25, 0.3) is 11.5 Å². The summed E-state index contributed by atoms with van der Waals surface area (Å²) in [6.45, 7) is 5.86. The molecule has 0 spiro atoms. The van der Waals surface area contributed by atoms with Gasteiger partial charge in [-0.25, -0.2) is 9.87 Å². The van der Waals surface area contributed by atoms with Gasteiger partial charge >= 0.3 is 0 Å². The van der Waals surface area contributed by atoms with Gasteiger partial charge in [0.05, 0.1) is 23.5 Å². The number of rotatable bonds is 6. The van der Waals surface area contributed by atoms with Gasteiger partial charge in [0.2, 0.25) is 5.82 Å². The Hall–Kier alpha value is -2.82. The summed E-state index contributed by atoms with van der Waals surface area (Å²) in [6, 6.07) is 4.33. The van der Waals surface area contributed by atoms with Crippen molar-refractivity contribution >= 4 is 17.3 Å². The van der Waals surface area contributed by atoms with Gasteiger partial charge in [-0.15, -0.1) is 0 Å². The van der Waals surface area contributed by atoms with Crippen LogP contribution >= 0.6 is 0 Å². The van der Waals surface area contributed by atoms with Gasteiger partial charge in [-0.05, 0) is 51.3 Å². The molecule has 1 fully saturated rings. The van der Waals surface area contributed by atoms with Crippen molar-refractivity contribution in [2.75, 3.05) is 18.5 Å². The number of ether oxygens (including phenoxy) is 2. The van der Waals surface area contributed by atoms with Crippen molar-refractivity contribution < 1.29 is 27.9 Å². The van der Waals surface area contributed by atoms with Crippen LogP contribution in [0.3, 0.4) is 0 Å². The molecule has 2 aliphatic rings. The lowest BCUT2D eigenvalue weighted by molar-refractivity contribution is -0.147. The maximum atomic E-state index is 15.1. The van der Waals surface area contributed by atoms with Crippen molar-refractivity contribution in [1.29, 1.82) is 0 Å². The molecule has 1 aromatic heterocycles. The predicted octanol–water partition coefficient (Wildman–Crippen LogP) is 2.94. The number of nitrogens with one attached hydrogen (secondary N) is 2. The number of aryl methyl sites for hydroxylation is 1. The molecule has 0 aliphatic carbocycles. The third kappa shape index (κ3) is 4.38. The molecule has 0 radical (unpaired) electrons. The van der Waals surface area contributed by atoms with Crippen LogP contribution in [0.15, 0.2) is 23.0 Å². The van der Waals surface area contributed by atoms with E-state index in [0.29, 0.717) is 37.3 Å². The number of carbonyl (C=O) groups is 1. The van der Waals surface area contributed by atoms with Gasteiger partial charge in [-0.2, -0.15) is 4.39 Å². The lowest BCUT2D eigenvalue weighted by Crippen LogP contribution is -2.34. The first-order chi connectivity index (χ1) is 15.2. The number of nitrogens with zero attached hydrogens (tertiary/aromatic N) is 1. The first kappa shape index (κ1) is 22.4. The van der Waals surface area contributed by atoms with Crippen LogP contribution in [0, 0.1) is 18.6 Å². The Morgan fingerprint density at radius 2 is 2.12 bits per heavy atom. The zero-order valence-electron chi connectivity index (χ0n) is 18.1. The Bertz CT molecular complexity index is 1120. The largest absolute Gasteiger partial charge is 0.350 e. The first-order valence-corrected chi connectivity index (χ1v) is 10.4. The monoisotopic (exact) mass is 449 g/mol. The molecular weight excluding hydrogens is 424 g/mol. The molecule has 3 heterocycles. The van der Waals surface area contributed by atoms with Crippen LogP contribution in [0.5, 0.6) is 0 Å². The summed E-state index contributed by atoms with van der Waals surface area (Å²) in [7, 11) is 0. The van der Waals surface area contributed by atoms with Crippen LogP contribution in [-0.4, -0.2) is 35.6 Å². The normalized spacial score (nSPS) is 19.1. The molecule has 32 heavy (non-hydrogen) atoms. The highest BCUT2D eigenvalue weighted by molar-refractivity contribution is 6.01. The number of hydrogen-bond acceptors (Lipinski definition) is 6. The molecule has 172 valence electrons. The Labute approximate surface area is 183 Å². The predicted molar refractivity (Wildman–Crippen MR) is 112 cm³/mol. The van der Waals surface area contributed by atoms with E-state index in [-0.39, 0.29) is 29.6 Å². The second kappa shape index (κ2) is 8.61. The third-order valence-corrected chi connectivity index (χ3v) is 5.42. The fourth-order valence-corrected chi connectivity index (χ4v) is 3.95. The van der Waals surface area contributed by atoms with Gasteiger partial charge in [-0.3, -0.25) is 14.4 Å². The highest BCUT2D eigenvalue weighted by atomic mass is 19.1. The minimum absolute atomic E-state index is 0.0158. The van der Waals surface area contributed by atoms with Gasteiger partial charge < -0.3 is 19.4 Å². The fraction of sp³-hybridized carbons (Fsp3) is 0.455. The summed E-state index contributed by atoms with van der Waals surface area (Å²) >= 11 is 0. The van der Waals surface area contributed by atoms with Gasteiger partial charge in [-0.1, -0.05) is 6.07 Å². The molecule has 4 rings (SSSR count). The number of halogens is 2. The average Bonchev–Trinajstić information content (AvgIpc) is 3.34. The summed E-state index contributed by atoms with van der Waals surface area (Å²) in [4.78, 5) is 30.8. The van der Waals surface area contributed by atoms with Crippen LogP contribution < -0.4 is 16.4 Å². The van der Waals surface area contributed by atoms with E-state index in [0.717, 1.165) is 0 Å². The Morgan fingerprint density at radius 1 is 1.34 bits per heavy atom. The average molecular weight is 449 g/mol. The summed E-state index contributed by atoms with van der Waals surface area (Å²) in [5.74, 6) is -3.27. The third-order valence-electron chi connectivity index (χ3n) is 5.42. The number of fused-ring (bicyclic) bond motifs is 1. The smallest absolute Gasteiger partial charge is 0.289 e. The van der Waals surface area contributed by atoms with E-state index in [4.69, 9.17) is 14.3 Å². The number of pyridine rings is 1. The minimum atomic E-state index is -1.16. The van der Waals surface area contributed by atoms with Crippen molar-refractivity contribution in [1.82, 2.24) is 10.0 Å². The summed E-state index contributed by atoms with van der Waals surface area (Å²) < 4.78 is 41.7. The summed E-state index contributed by atoms with van der Waals surface area (Å²) in [5.41, 5.74) is 1.95. The molecule has 1 unspecified atom stereocenters. The summed E-state index contributed by atoms with van der Waals surface area (Å²) in [6.07, 6.45) is 0.600. The van der Waals surface area contributed by atoms with E-state index in [1.165, 1.54) is 16.7 Å². The molecular formula is C22H25F2N3O5. The molecule has 1 atom stereocenters. The van der Waals surface area contributed by atoms with Crippen LogP contribution in [0.4, 0.5) is 20.2 Å². The lowest BCUT2D eigenvalue weighted by atomic mass is 10.1. The second-order valence-corrected chi connectivity index (χ2v) is 8.37. The van der Waals surface area contributed by atoms with Crippen molar-refractivity contribution in [3.8, 4) is 0 Å². The molecule has 1 amide bonds. The molecule has 0 saturated carbocycles. The Kier molecular flexibility index (Phi) is 6.02. The van der Waals surface area contributed by atoms with Crippen LogP contribution in [-0.2, 0) is 27.3 Å². The van der Waals surface area contributed by atoms with Gasteiger partial charge in [0.1, 0.15) is 18.5 Å². The van der Waals surface area contributed by atoms with E-state index < -0.39 is 28.9 Å². The van der Waals surface area contributed by atoms with Crippen molar-refractivity contribution in [3.05, 3.63) is 57.0 Å². The minimum Gasteiger partial charge on any atom is -0.350 e. The van der Waals surface area contributed by atoms with E-state index in [9.17, 15) is 14.0 Å². The number of aromatic nitrogens is 1. The molecule has 0 bridgehead atoms. The quantitative estimate of drug-likeness (QED) is 0.659. The fourth-order valence-electron chi connectivity index (χ4n) is 3.95. The maximum Gasteiger partial charge on any atom is 0.289 e. The highest BCUT2D eigenvalue weighted by Gasteiger charge is 2.33. The number of hydroxylamine groups is 1. The zero-order valence-corrected chi connectivity index (χ0v) is 18.1. The Morgan fingerprint density at radius 3 is 2.81 bits per heavy atom. The van der Waals surface area contributed by atoms with E-state index in [1.807, 2.05) is 0 Å². The lowest BCUT2D eigenvalue weighted by Gasteiger charge is -2.19. The number of benzene rings is 1. The van der Waals surface area contributed by atoms with Gasteiger partial charge in [0, 0.05) is 12.2 Å².